The van der Waals surface area contributed by atoms with Gasteiger partial charge in [-0.15, -0.1) is 24.0 Å². The molecule has 0 saturated carbocycles. The monoisotopic (exact) mass is 394 g/mol. The highest BCUT2D eigenvalue weighted by molar-refractivity contribution is 14.0. The number of hydrogen-bond acceptors (Lipinski definition) is 2. The largest absolute Gasteiger partial charge is 0.370 e. The molecule has 5 heteroatoms. The average Bonchev–Trinajstić information content (AvgIpc) is 2.76. The van der Waals surface area contributed by atoms with Gasteiger partial charge >= 0.3 is 0 Å². The molecule has 2 rings (SSSR count). The Morgan fingerprint density at radius 2 is 1.55 bits per heavy atom. The lowest BCUT2D eigenvalue weighted by Crippen LogP contribution is -2.38. The fourth-order valence-corrected chi connectivity index (χ4v) is 3.11. The van der Waals surface area contributed by atoms with Crippen molar-refractivity contribution in [1.29, 1.82) is 0 Å². The van der Waals surface area contributed by atoms with Crippen LogP contribution in [-0.2, 0) is 0 Å². The third kappa shape index (κ3) is 6.16. The van der Waals surface area contributed by atoms with Crippen molar-refractivity contribution < 1.29 is 0 Å². The lowest BCUT2D eigenvalue weighted by Gasteiger charge is -2.22. The van der Waals surface area contributed by atoms with E-state index in [9.17, 15) is 0 Å². The number of halogens is 1. The molecule has 0 aromatic rings. The van der Waals surface area contributed by atoms with Crippen LogP contribution in [0.15, 0.2) is 4.99 Å². The van der Waals surface area contributed by atoms with Gasteiger partial charge < -0.3 is 15.5 Å². The van der Waals surface area contributed by atoms with Gasteiger partial charge in [-0.3, -0.25) is 4.99 Å². The molecular formula is C15H31IN4. The van der Waals surface area contributed by atoms with E-state index in [1.807, 2.05) is 0 Å². The molecule has 0 aromatic carbocycles. The molecule has 0 radical (unpaired) electrons. The van der Waals surface area contributed by atoms with E-state index in [0.29, 0.717) is 5.92 Å². The zero-order chi connectivity index (χ0) is 13.5. The first-order valence-corrected chi connectivity index (χ1v) is 8.03. The first-order valence-electron chi connectivity index (χ1n) is 8.03. The van der Waals surface area contributed by atoms with Crippen molar-refractivity contribution in [1.82, 2.24) is 9.80 Å². The minimum Gasteiger partial charge on any atom is -0.370 e. The number of nitrogens with two attached hydrogens (primary N) is 1. The molecule has 118 valence electrons. The van der Waals surface area contributed by atoms with E-state index in [1.165, 1.54) is 58.2 Å². The molecule has 0 aliphatic carbocycles. The molecule has 0 amide bonds. The topological polar surface area (TPSA) is 44.9 Å². The number of guanidine groups is 1. The highest BCUT2D eigenvalue weighted by Crippen LogP contribution is 2.11. The first kappa shape index (κ1) is 18.0. The van der Waals surface area contributed by atoms with Crippen LogP contribution in [0.1, 0.15) is 45.4 Å². The van der Waals surface area contributed by atoms with E-state index in [1.54, 1.807) is 0 Å². The van der Waals surface area contributed by atoms with E-state index < -0.39 is 0 Å². The van der Waals surface area contributed by atoms with E-state index in [0.717, 1.165) is 25.6 Å². The maximum atomic E-state index is 6.14. The Bertz CT molecular complexity index is 282. The van der Waals surface area contributed by atoms with Crippen LogP contribution >= 0.6 is 24.0 Å². The van der Waals surface area contributed by atoms with E-state index in [2.05, 4.69) is 21.7 Å². The summed E-state index contributed by atoms with van der Waals surface area (Å²) in [6, 6.07) is 0. The van der Waals surface area contributed by atoms with Crippen molar-refractivity contribution in [3.05, 3.63) is 0 Å². The third-order valence-electron chi connectivity index (χ3n) is 4.26. The molecule has 4 nitrogen and oxygen atoms in total. The van der Waals surface area contributed by atoms with Crippen LogP contribution in [0.25, 0.3) is 0 Å². The van der Waals surface area contributed by atoms with Crippen molar-refractivity contribution in [3.8, 4) is 0 Å². The van der Waals surface area contributed by atoms with Crippen molar-refractivity contribution >= 4 is 29.9 Å². The van der Waals surface area contributed by atoms with E-state index in [-0.39, 0.29) is 24.0 Å². The third-order valence-corrected chi connectivity index (χ3v) is 4.26. The van der Waals surface area contributed by atoms with Crippen LogP contribution in [0.3, 0.4) is 0 Å². The van der Waals surface area contributed by atoms with E-state index in [4.69, 9.17) is 5.73 Å². The number of aliphatic imine (C=N–C) groups is 1. The van der Waals surface area contributed by atoms with Crippen molar-refractivity contribution in [2.75, 3.05) is 39.3 Å². The predicted molar refractivity (Wildman–Crippen MR) is 96.8 cm³/mol. The van der Waals surface area contributed by atoms with Gasteiger partial charge in [0.2, 0.25) is 0 Å². The molecule has 2 aliphatic rings. The second-order valence-corrected chi connectivity index (χ2v) is 6.21. The molecule has 20 heavy (non-hydrogen) atoms. The Labute approximate surface area is 141 Å². The maximum absolute atomic E-state index is 6.14. The summed E-state index contributed by atoms with van der Waals surface area (Å²) in [6.45, 7) is 9.07. The van der Waals surface area contributed by atoms with Crippen LogP contribution in [0.4, 0.5) is 0 Å². The van der Waals surface area contributed by atoms with Crippen molar-refractivity contribution in [2.45, 2.75) is 45.4 Å². The summed E-state index contributed by atoms with van der Waals surface area (Å²) in [6.07, 6.45) is 7.95. The molecule has 1 atom stereocenters. The smallest absolute Gasteiger partial charge is 0.191 e. The molecule has 2 aliphatic heterocycles. The number of rotatable bonds is 4. The van der Waals surface area contributed by atoms with Crippen LogP contribution < -0.4 is 5.73 Å². The van der Waals surface area contributed by atoms with Crippen molar-refractivity contribution in [2.24, 2.45) is 16.6 Å². The molecule has 2 heterocycles. The zero-order valence-electron chi connectivity index (χ0n) is 12.9. The summed E-state index contributed by atoms with van der Waals surface area (Å²) in [5.41, 5.74) is 6.14. The van der Waals surface area contributed by atoms with Crippen LogP contribution in [0.5, 0.6) is 0 Å². The molecule has 0 bridgehead atoms. The molecule has 0 aromatic heterocycles. The number of likely N-dealkylation sites (tertiary alicyclic amines) is 2. The zero-order valence-corrected chi connectivity index (χ0v) is 15.2. The van der Waals surface area contributed by atoms with Crippen LogP contribution in [-0.4, -0.2) is 55.0 Å². The molecule has 2 N–H and O–H groups in total. The van der Waals surface area contributed by atoms with Gasteiger partial charge in [0.1, 0.15) is 0 Å². The summed E-state index contributed by atoms with van der Waals surface area (Å²) in [5.74, 6) is 1.39. The second-order valence-electron chi connectivity index (χ2n) is 6.21. The SMILES string of the molecule is CC(CN=C(N)N1CCCCCC1)CN1CCCC1.I. The first-order chi connectivity index (χ1) is 9.25. The number of nitrogens with zero attached hydrogens (tertiary/aromatic N) is 3. The molecule has 2 saturated heterocycles. The van der Waals surface area contributed by atoms with Gasteiger partial charge in [0, 0.05) is 26.2 Å². The maximum Gasteiger partial charge on any atom is 0.191 e. The van der Waals surface area contributed by atoms with E-state index >= 15 is 0 Å². The summed E-state index contributed by atoms with van der Waals surface area (Å²) in [7, 11) is 0. The summed E-state index contributed by atoms with van der Waals surface area (Å²) >= 11 is 0. The molecule has 1 unspecified atom stereocenters. The normalized spacial score (nSPS) is 23.2. The second kappa shape index (κ2) is 9.82. The Balaban J connectivity index is 0.00000200. The highest BCUT2D eigenvalue weighted by atomic mass is 127. The fourth-order valence-electron chi connectivity index (χ4n) is 3.11. The molecule has 2 fully saturated rings. The van der Waals surface area contributed by atoms with Crippen LogP contribution in [0, 0.1) is 5.92 Å². The van der Waals surface area contributed by atoms with Gasteiger partial charge in [0.25, 0.3) is 0 Å². The minimum absolute atomic E-state index is 0. The number of hydrogen-bond donors (Lipinski definition) is 1. The fraction of sp³-hybridized carbons (Fsp3) is 0.933. The van der Waals surface area contributed by atoms with Gasteiger partial charge in [0.05, 0.1) is 0 Å². The molecular weight excluding hydrogens is 363 g/mol. The van der Waals surface area contributed by atoms with Gasteiger partial charge in [0.15, 0.2) is 5.96 Å². The summed E-state index contributed by atoms with van der Waals surface area (Å²) in [4.78, 5) is 9.46. The Morgan fingerprint density at radius 1 is 1.00 bits per heavy atom. The minimum atomic E-state index is 0. The Morgan fingerprint density at radius 3 is 2.15 bits per heavy atom. The Kier molecular flexibility index (Phi) is 8.84. The van der Waals surface area contributed by atoms with Gasteiger partial charge in [-0.05, 0) is 44.7 Å². The van der Waals surface area contributed by atoms with Gasteiger partial charge in [-0.25, -0.2) is 0 Å². The quantitative estimate of drug-likeness (QED) is 0.453. The standard InChI is InChI=1S/C15H30N4.HI/c1-14(13-18-8-6-7-9-18)12-17-15(16)19-10-4-2-3-5-11-19;/h14H,2-13H2,1H3,(H2,16,17);1H. The van der Waals surface area contributed by atoms with Gasteiger partial charge in [-0.2, -0.15) is 0 Å². The lowest BCUT2D eigenvalue weighted by molar-refractivity contribution is 0.291. The van der Waals surface area contributed by atoms with Crippen molar-refractivity contribution in [3.63, 3.8) is 0 Å². The summed E-state index contributed by atoms with van der Waals surface area (Å²) in [5, 5.41) is 0. The Hall–Kier alpha value is -0.0400. The van der Waals surface area contributed by atoms with Crippen LogP contribution in [0.2, 0.25) is 0 Å². The van der Waals surface area contributed by atoms with Gasteiger partial charge in [-0.1, -0.05) is 19.8 Å². The average molecular weight is 394 g/mol. The molecule has 0 spiro atoms. The lowest BCUT2D eigenvalue weighted by atomic mass is 10.2. The highest BCUT2D eigenvalue weighted by Gasteiger charge is 2.15. The summed E-state index contributed by atoms with van der Waals surface area (Å²) < 4.78 is 0. The predicted octanol–water partition coefficient (Wildman–Crippen LogP) is 2.53.